The van der Waals surface area contributed by atoms with Gasteiger partial charge >= 0.3 is 0 Å². The SMILES string of the molecule is COC1CCC(Nc2snc(Cl)c2C#N)C1. The number of ether oxygens (including phenoxy) is 1. The summed E-state index contributed by atoms with van der Waals surface area (Å²) in [5.41, 5.74) is 0.451. The van der Waals surface area contributed by atoms with Gasteiger partial charge in [0.25, 0.3) is 0 Å². The Kier molecular flexibility index (Phi) is 3.64. The van der Waals surface area contributed by atoms with Crippen molar-refractivity contribution in [2.75, 3.05) is 12.4 Å². The van der Waals surface area contributed by atoms with Gasteiger partial charge in [0.15, 0.2) is 5.15 Å². The molecule has 1 N–H and O–H groups in total. The van der Waals surface area contributed by atoms with E-state index in [2.05, 4.69) is 15.8 Å². The molecule has 4 nitrogen and oxygen atoms in total. The van der Waals surface area contributed by atoms with Crippen LogP contribution in [0.15, 0.2) is 0 Å². The molecule has 16 heavy (non-hydrogen) atoms. The van der Waals surface area contributed by atoms with Crippen molar-refractivity contribution in [2.45, 2.75) is 31.4 Å². The van der Waals surface area contributed by atoms with Crippen molar-refractivity contribution >= 4 is 28.1 Å². The minimum atomic E-state index is 0.288. The van der Waals surface area contributed by atoms with Gasteiger partial charge in [-0.2, -0.15) is 9.64 Å². The van der Waals surface area contributed by atoms with Gasteiger partial charge in [0.2, 0.25) is 0 Å². The van der Waals surface area contributed by atoms with Crippen molar-refractivity contribution in [2.24, 2.45) is 0 Å². The molecule has 1 aliphatic rings. The van der Waals surface area contributed by atoms with Gasteiger partial charge in [-0.25, -0.2) is 0 Å². The smallest absolute Gasteiger partial charge is 0.162 e. The number of hydrogen-bond acceptors (Lipinski definition) is 5. The van der Waals surface area contributed by atoms with Gasteiger partial charge in [-0.05, 0) is 30.8 Å². The fraction of sp³-hybridized carbons (Fsp3) is 0.600. The molecular formula is C10H12ClN3OS. The van der Waals surface area contributed by atoms with E-state index < -0.39 is 0 Å². The zero-order valence-electron chi connectivity index (χ0n) is 8.86. The highest BCUT2D eigenvalue weighted by Crippen LogP contribution is 2.31. The van der Waals surface area contributed by atoms with Crippen LogP contribution in [0.1, 0.15) is 24.8 Å². The topological polar surface area (TPSA) is 57.9 Å². The first-order valence-electron chi connectivity index (χ1n) is 5.09. The quantitative estimate of drug-likeness (QED) is 0.904. The minimum absolute atomic E-state index is 0.288. The highest BCUT2D eigenvalue weighted by Gasteiger charge is 2.25. The molecule has 2 atom stereocenters. The van der Waals surface area contributed by atoms with Crippen molar-refractivity contribution in [1.29, 1.82) is 5.26 Å². The van der Waals surface area contributed by atoms with Gasteiger partial charge in [-0.15, -0.1) is 0 Å². The molecule has 86 valence electrons. The molecule has 0 amide bonds. The van der Waals surface area contributed by atoms with Crippen LogP contribution in [0.5, 0.6) is 0 Å². The van der Waals surface area contributed by atoms with Crippen molar-refractivity contribution in [3.05, 3.63) is 10.7 Å². The maximum Gasteiger partial charge on any atom is 0.162 e. The Balaban J connectivity index is 2.02. The van der Waals surface area contributed by atoms with Gasteiger partial charge in [0.1, 0.15) is 16.6 Å². The lowest BCUT2D eigenvalue weighted by Gasteiger charge is -2.12. The van der Waals surface area contributed by atoms with Crippen LogP contribution in [-0.2, 0) is 4.74 Å². The number of methoxy groups -OCH3 is 1. The zero-order chi connectivity index (χ0) is 11.5. The molecule has 0 spiro atoms. The average molecular weight is 258 g/mol. The van der Waals surface area contributed by atoms with E-state index in [1.807, 2.05) is 0 Å². The molecule has 0 radical (unpaired) electrons. The monoisotopic (exact) mass is 257 g/mol. The summed E-state index contributed by atoms with van der Waals surface area (Å²) in [7, 11) is 1.73. The second kappa shape index (κ2) is 5.00. The predicted molar refractivity (Wildman–Crippen MR) is 63.9 cm³/mol. The first-order valence-corrected chi connectivity index (χ1v) is 6.24. The van der Waals surface area contributed by atoms with Crippen LogP contribution < -0.4 is 5.32 Å². The molecule has 0 aliphatic heterocycles. The molecule has 1 heterocycles. The normalized spacial score (nSPS) is 24.3. The lowest BCUT2D eigenvalue weighted by molar-refractivity contribution is 0.108. The summed E-state index contributed by atoms with van der Waals surface area (Å²) in [4.78, 5) is 0. The minimum Gasteiger partial charge on any atom is -0.381 e. The van der Waals surface area contributed by atoms with E-state index in [4.69, 9.17) is 21.6 Å². The van der Waals surface area contributed by atoms with Gasteiger partial charge in [0.05, 0.1) is 6.10 Å². The maximum absolute atomic E-state index is 8.93. The largest absolute Gasteiger partial charge is 0.381 e. The second-order valence-electron chi connectivity index (χ2n) is 3.80. The zero-order valence-corrected chi connectivity index (χ0v) is 10.4. The van der Waals surface area contributed by atoms with E-state index in [1.54, 1.807) is 7.11 Å². The van der Waals surface area contributed by atoms with Crippen LogP contribution in [0.4, 0.5) is 5.00 Å². The summed E-state index contributed by atoms with van der Waals surface area (Å²) in [5, 5.41) is 13.3. The van der Waals surface area contributed by atoms with Gasteiger partial charge in [-0.1, -0.05) is 11.6 Å². The van der Waals surface area contributed by atoms with Gasteiger partial charge in [0, 0.05) is 13.2 Å². The lowest BCUT2D eigenvalue weighted by atomic mass is 10.2. The van der Waals surface area contributed by atoms with E-state index in [1.165, 1.54) is 11.5 Å². The summed E-state index contributed by atoms with van der Waals surface area (Å²) in [6, 6.07) is 2.42. The van der Waals surface area contributed by atoms with Crippen LogP contribution in [0.25, 0.3) is 0 Å². The van der Waals surface area contributed by atoms with Gasteiger partial charge < -0.3 is 10.1 Å². The van der Waals surface area contributed by atoms with Crippen molar-refractivity contribution in [3.63, 3.8) is 0 Å². The molecule has 0 bridgehead atoms. The van der Waals surface area contributed by atoms with Crippen LogP contribution in [-0.4, -0.2) is 23.6 Å². The Morgan fingerprint density at radius 1 is 1.62 bits per heavy atom. The molecule has 2 unspecified atom stereocenters. The predicted octanol–water partition coefficient (Wildman–Crippen LogP) is 2.65. The average Bonchev–Trinajstić information content (AvgIpc) is 2.86. The van der Waals surface area contributed by atoms with E-state index in [-0.39, 0.29) is 5.15 Å². The number of anilines is 1. The van der Waals surface area contributed by atoms with Crippen LogP contribution in [0.2, 0.25) is 5.15 Å². The third-order valence-corrected chi connectivity index (χ3v) is 3.97. The van der Waals surface area contributed by atoms with E-state index in [0.717, 1.165) is 24.3 Å². The third kappa shape index (κ3) is 2.29. The summed E-state index contributed by atoms with van der Waals surface area (Å²) in [5.74, 6) is 0. The Labute approximate surface area is 103 Å². The molecule has 6 heteroatoms. The van der Waals surface area contributed by atoms with E-state index >= 15 is 0 Å². The first kappa shape index (κ1) is 11.6. The maximum atomic E-state index is 8.93. The van der Waals surface area contributed by atoms with Crippen LogP contribution >= 0.6 is 23.1 Å². The summed E-state index contributed by atoms with van der Waals surface area (Å²) < 4.78 is 9.26. The fourth-order valence-electron chi connectivity index (χ4n) is 1.94. The van der Waals surface area contributed by atoms with Crippen molar-refractivity contribution < 1.29 is 4.74 Å². The highest BCUT2D eigenvalue weighted by atomic mass is 35.5. The summed E-state index contributed by atoms with van der Waals surface area (Å²) >= 11 is 7.04. The number of nitriles is 1. The number of halogens is 1. The Bertz CT molecular complexity index is 415. The Morgan fingerprint density at radius 2 is 2.44 bits per heavy atom. The van der Waals surface area contributed by atoms with Gasteiger partial charge in [-0.3, -0.25) is 0 Å². The summed E-state index contributed by atoms with van der Waals surface area (Å²) in [6.07, 6.45) is 3.41. The van der Waals surface area contributed by atoms with Crippen molar-refractivity contribution in [1.82, 2.24) is 4.37 Å². The van der Waals surface area contributed by atoms with E-state index in [9.17, 15) is 0 Å². The molecule has 0 aromatic carbocycles. The Morgan fingerprint density at radius 3 is 3.06 bits per heavy atom. The molecule has 1 saturated carbocycles. The number of nitrogens with one attached hydrogen (secondary N) is 1. The molecule has 1 aromatic heterocycles. The lowest BCUT2D eigenvalue weighted by Crippen LogP contribution is -2.17. The van der Waals surface area contributed by atoms with E-state index in [0.29, 0.717) is 17.7 Å². The number of rotatable bonds is 3. The number of nitrogens with zero attached hydrogens (tertiary/aromatic N) is 2. The molecular weight excluding hydrogens is 246 g/mol. The first-order chi connectivity index (χ1) is 7.74. The Hall–Kier alpha value is -0.830. The standard InChI is InChI=1S/C10H12ClN3OS/c1-15-7-3-2-6(4-7)13-10-8(5-12)9(11)14-16-10/h6-7,13H,2-4H2,1H3. The fourth-order valence-corrected chi connectivity index (χ4v) is 2.95. The second-order valence-corrected chi connectivity index (χ2v) is 4.93. The molecule has 1 aliphatic carbocycles. The third-order valence-electron chi connectivity index (χ3n) is 2.82. The molecule has 1 fully saturated rings. The number of aromatic nitrogens is 1. The highest BCUT2D eigenvalue weighted by molar-refractivity contribution is 7.10. The van der Waals surface area contributed by atoms with Crippen molar-refractivity contribution in [3.8, 4) is 6.07 Å². The molecule has 0 saturated heterocycles. The molecule has 2 rings (SSSR count). The van der Waals surface area contributed by atoms with Crippen LogP contribution in [0.3, 0.4) is 0 Å². The molecule has 1 aromatic rings. The summed E-state index contributed by atoms with van der Waals surface area (Å²) in [6.45, 7) is 0. The van der Waals surface area contributed by atoms with Crippen LogP contribution in [0, 0.1) is 11.3 Å². The number of hydrogen-bond donors (Lipinski definition) is 1.